The van der Waals surface area contributed by atoms with Crippen molar-refractivity contribution in [3.63, 3.8) is 0 Å². The summed E-state index contributed by atoms with van der Waals surface area (Å²) >= 11 is 0. The lowest BCUT2D eigenvalue weighted by molar-refractivity contribution is -0.143. The molecular weight excluding hydrogens is 312 g/mol. The number of carbonyl (C=O) groups is 1. The number of sulfonamides is 1. The van der Waals surface area contributed by atoms with Gasteiger partial charge in [-0.3, -0.25) is 4.79 Å². The second-order valence-electron chi connectivity index (χ2n) is 8.37. The number of likely N-dealkylation sites (tertiary alicyclic amines) is 1. The molecule has 23 heavy (non-hydrogen) atoms. The van der Waals surface area contributed by atoms with Gasteiger partial charge in [-0.25, -0.2) is 13.1 Å². The Balaban J connectivity index is 1.32. The summed E-state index contributed by atoms with van der Waals surface area (Å²) in [6, 6.07) is 0.377. The minimum atomic E-state index is -3.50. The summed E-state index contributed by atoms with van der Waals surface area (Å²) < 4.78 is 27.4. The van der Waals surface area contributed by atoms with Gasteiger partial charge in [-0.05, 0) is 62.7 Å². The average molecular weight is 340 g/mol. The predicted octanol–water partition coefficient (Wildman–Crippen LogP) is 1.74. The maximum Gasteiger partial charge on any atom is 0.239 e. The molecule has 0 aromatic rings. The number of nitrogens with zero attached hydrogens (tertiary/aromatic N) is 1. The van der Waals surface area contributed by atoms with Crippen molar-refractivity contribution in [3.05, 3.63) is 0 Å². The molecule has 4 fully saturated rings. The molecule has 0 unspecified atom stereocenters. The number of rotatable bonds is 4. The van der Waals surface area contributed by atoms with Crippen LogP contribution in [0.15, 0.2) is 0 Å². The van der Waals surface area contributed by atoms with Gasteiger partial charge < -0.3 is 4.90 Å². The van der Waals surface area contributed by atoms with Gasteiger partial charge in [-0.1, -0.05) is 6.92 Å². The van der Waals surface area contributed by atoms with Gasteiger partial charge in [0.1, 0.15) is 5.75 Å². The Kier molecular flexibility index (Phi) is 3.95. The topological polar surface area (TPSA) is 66.5 Å². The molecule has 1 heterocycles. The van der Waals surface area contributed by atoms with Crippen molar-refractivity contribution < 1.29 is 13.2 Å². The zero-order chi connectivity index (χ0) is 16.2. The van der Waals surface area contributed by atoms with Gasteiger partial charge in [0, 0.05) is 24.5 Å². The molecule has 0 aromatic heterocycles. The van der Waals surface area contributed by atoms with Gasteiger partial charge in [0.15, 0.2) is 0 Å². The maximum atomic E-state index is 12.5. The van der Waals surface area contributed by atoms with Gasteiger partial charge in [0.05, 0.1) is 0 Å². The lowest BCUT2D eigenvalue weighted by Crippen LogP contribution is -2.62. The predicted molar refractivity (Wildman–Crippen MR) is 88.2 cm³/mol. The number of amides is 1. The SMILES string of the molecule is CC1CCC(NS(=O)(=O)CC(=O)N2C[C@H]3[C@H]4CC[C@@H](C4)[C@@H]32)CC1. The van der Waals surface area contributed by atoms with Crippen molar-refractivity contribution in [2.75, 3.05) is 12.3 Å². The smallest absolute Gasteiger partial charge is 0.239 e. The van der Waals surface area contributed by atoms with Crippen molar-refractivity contribution in [2.24, 2.45) is 23.7 Å². The maximum absolute atomic E-state index is 12.5. The van der Waals surface area contributed by atoms with Crippen molar-refractivity contribution in [1.82, 2.24) is 9.62 Å². The highest BCUT2D eigenvalue weighted by molar-refractivity contribution is 7.90. The van der Waals surface area contributed by atoms with Gasteiger partial charge in [0.2, 0.25) is 15.9 Å². The Labute approximate surface area is 139 Å². The third kappa shape index (κ3) is 2.93. The third-order valence-electron chi connectivity index (χ3n) is 6.80. The molecule has 4 atom stereocenters. The minimum absolute atomic E-state index is 0.0237. The molecule has 4 aliphatic rings. The first-order valence-corrected chi connectivity index (χ1v) is 10.9. The standard InChI is InChI=1S/C17H28N2O3S/c1-11-2-6-14(7-3-11)18-23(21,22)10-16(20)19-9-15-12-4-5-13(8-12)17(15)19/h11-15,17-18H,2-10H2,1H3/t11?,12-,13-,14?,15-,17-/m0/s1. The largest absolute Gasteiger partial charge is 0.338 e. The highest BCUT2D eigenvalue weighted by Crippen LogP contribution is 2.55. The van der Waals surface area contributed by atoms with E-state index in [1.165, 1.54) is 19.3 Å². The van der Waals surface area contributed by atoms with Crippen molar-refractivity contribution in [3.8, 4) is 0 Å². The van der Waals surface area contributed by atoms with Crippen LogP contribution in [0.4, 0.5) is 0 Å². The van der Waals surface area contributed by atoms with Crippen LogP contribution in [0.3, 0.4) is 0 Å². The molecule has 3 aliphatic carbocycles. The zero-order valence-corrected chi connectivity index (χ0v) is 14.7. The molecular formula is C17H28N2O3S. The lowest BCUT2D eigenvalue weighted by atomic mass is 9.77. The van der Waals surface area contributed by atoms with Crippen LogP contribution in [0.25, 0.3) is 0 Å². The second kappa shape index (κ2) is 5.73. The van der Waals surface area contributed by atoms with E-state index in [0.29, 0.717) is 23.8 Å². The summed E-state index contributed by atoms with van der Waals surface area (Å²) in [6.07, 6.45) is 7.72. The highest BCUT2D eigenvalue weighted by Gasteiger charge is 2.57. The highest BCUT2D eigenvalue weighted by atomic mass is 32.2. The number of nitrogens with one attached hydrogen (secondary N) is 1. The number of hydrogen-bond acceptors (Lipinski definition) is 3. The Morgan fingerprint density at radius 1 is 1.09 bits per heavy atom. The van der Waals surface area contributed by atoms with Crippen LogP contribution in [0.1, 0.15) is 51.9 Å². The molecule has 3 saturated carbocycles. The van der Waals surface area contributed by atoms with E-state index in [-0.39, 0.29) is 17.7 Å². The van der Waals surface area contributed by atoms with Crippen LogP contribution in [0.2, 0.25) is 0 Å². The van der Waals surface area contributed by atoms with Crippen LogP contribution >= 0.6 is 0 Å². The van der Waals surface area contributed by atoms with E-state index in [4.69, 9.17) is 0 Å². The molecule has 6 heteroatoms. The average Bonchev–Trinajstić information content (AvgIpc) is 2.97. The molecule has 1 aliphatic heterocycles. The zero-order valence-electron chi connectivity index (χ0n) is 13.9. The van der Waals surface area contributed by atoms with Gasteiger partial charge >= 0.3 is 0 Å². The van der Waals surface area contributed by atoms with Crippen LogP contribution < -0.4 is 4.72 Å². The summed E-state index contributed by atoms with van der Waals surface area (Å²) in [5.41, 5.74) is 0. The Morgan fingerprint density at radius 2 is 1.78 bits per heavy atom. The van der Waals surface area contributed by atoms with Crippen molar-refractivity contribution in [2.45, 2.75) is 64.0 Å². The summed E-state index contributed by atoms with van der Waals surface area (Å²) in [4.78, 5) is 14.3. The van der Waals surface area contributed by atoms with E-state index in [9.17, 15) is 13.2 Å². The monoisotopic (exact) mass is 340 g/mol. The fourth-order valence-corrected chi connectivity index (χ4v) is 6.84. The molecule has 2 bridgehead atoms. The molecule has 1 saturated heterocycles. The van der Waals surface area contributed by atoms with Crippen molar-refractivity contribution in [1.29, 1.82) is 0 Å². The van der Waals surface area contributed by atoms with E-state index >= 15 is 0 Å². The molecule has 4 rings (SSSR count). The summed E-state index contributed by atoms with van der Waals surface area (Å²) in [5, 5.41) is 0. The summed E-state index contributed by atoms with van der Waals surface area (Å²) in [6.45, 7) is 3.00. The van der Waals surface area contributed by atoms with Gasteiger partial charge in [-0.15, -0.1) is 0 Å². The number of carbonyl (C=O) groups excluding carboxylic acids is 1. The van der Waals surface area contributed by atoms with E-state index in [2.05, 4.69) is 11.6 Å². The van der Waals surface area contributed by atoms with Gasteiger partial charge in [-0.2, -0.15) is 0 Å². The summed E-state index contributed by atoms with van der Waals surface area (Å²) in [7, 11) is -3.50. The van der Waals surface area contributed by atoms with E-state index < -0.39 is 10.0 Å². The first-order valence-electron chi connectivity index (χ1n) is 9.22. The van der Waals surface area contributed by atoms with E-state index in [1.54, 1.807) is 0 Å². The molecule has 130 valence electrons. The van der Waals surface area contributed by atoms with E-state index in [0.717, 1.165) is 38.1 Å². The molecule has 0 aromatic carbocycles. The summed E-state index contributed by atoms with van der Waals surface area (Å²) in [5.74, 6) is 2.24. The van der Waals surface area contributed by atoms with E-state index in [1.807, 2.05) is 4.90 Å². The molecule has 0 spiro atoms. The molecule has 5 nitrogen and oxygen atoms in total. The fraction of sp³-hybridized carbons (Fsp3) is 0.941. The Bertz CT molecular complexity index is 581. The fourth-order valence-electron chi connectivity index (χ4n) is 5.52. The first-order chi connectivity index (χ1) is 10.9. The molecule has 0 radical (unpaired) electrons. The Morgan fingerprint density at radius 3 is 2.48 bits per heavy atom. The third-order valence-corrected chi connectivity index (χ3v) is 8.12. The molecule has 1 N–H and O–H groups in total. The minimum Gasteiger partial charge on any atom is -0.338 e. The van der Waals surface area contributed by atoms with Crippen LogP contribution in [-0.2, 0) is 14.8 Å². The second-order valence-corrected chi connectivity index (χ2v) is 10.1. The lowest BCUT2D eigenvalue weighted by Gasteiger charge is -2.50. The van der Waals surface area contributed by atoms with Crippen LogP contribution in [-0.4, -0.2) is 43.6 Å². The molecule has 1 amide bonds. The quantitative estimate of drug-likeness (QED) is 0.848. The number of fused-ring (bicyclic) bond motifs is 5. The van der Waals surface area contributed by atoms with Crippen LogP contribution in [0.5, 0.6) is 0 Å². The van der Waals surface area contributed by atoms with Crippen molar-refractivity contribution >= 4 is 15.9 Å². The first kappa shape index (κ1) is 15.9. The number of hydrogen-bond donors (Lipinski definition) is 1. The normalized spacial score (nSPS) is 42.4. The van der Waals surface area contributed by atoms with Crippen LogP contribution in [0, 0.1) is 23.7 Å². The Hall–Kier alpha value is -0.620. The van der Waals surface area contributed by atoms with Gasteiger partial charge in [0.25, 0.3) is 0 Å².